The number of aromatic nitrogens is 3. The Kier molecular flexibility index (Phi) is 5.37. The Labute approximate surface area is 149 Å². The molecule has 1 aliphatic rings. The molecule has 9 heteroatoms. The maximum Gasteiger partial charge on any atom is 0.233 e. The van der Waals surface area contributed by atoms with Crippen LogP contribution in [0.4, 0.5) is 11.6 Å². The van der Waals surface area contributed by atoms with E-state index in [0.717, 1.165) is 23.8 Å². The van der Waals surface area contributed by atoms with Crippen molar-refractivity contribution in [1.82, 2.24) is 19.9 Å². The third-order valence-corrected chi connectivity index (χ3v) is 4.78. The van der Waals surface area contributed by atoms with Gasteiger partial charge >= 0.3 is 0 Å². The zero-order valence-electron chi connectivity index (χ0n) is 12.9. The first-order chi connectivity index (χ1) is 11.6. The van der Waals surface area contributed by atoms with Gasteiger partial charge in [0.2, 0.25) is 11.9 Å². The number of nitrogens with two attached hydrogens (primary N) is 1. The lowest BCUT2D eigenvalue weighted by Crippen LogP contribution is -2.49. The summed E-state index contributed by atoms with van der Waals surface area (Å²) in [4.78, 5) is 28.1. The standard InChI is InChI=1S/C15H17ClN6OS/c16-11-2-1-3-12(8-11)21-4-6-22(7-5-21)13(23)9-24-15-19-10-18-14(17)20-15/h1-3,8,10H,4-7,9H2,(H2,17,18,19,20). The van der Waals surface area contributed by atoms with Gasteiger partial charge in [-0.15, -0.1) is 0 Å². The maximum atomic E-state index is 12.3. The molecule has 1 aromatic heterocycles. The topological polar surface area (TPSA) is 88.2 Å². The van der Waals surface area contributed by atoms with E-state index in [9.17, 15) is 4.79 Å². The molecular weight excluding hydrogens is 348 g/mol. The molecule has 7 nitrogen and oxygen atoms in total. The largest absolute Gasteiger partial charge is 0.368 e. The van der Waals surface area contributed by atoms with Gasteiger partial charge in [0, 0.05) is 36.9 Å². The van der Waals surface area contributed by atoms with E-state index in [1.807, 2.05) is 29.2 Å². The molecule has 0 spiro atoms. The van der Waals surface area contributed by atoms with Crippen molar-refractivity contribution in [1.29, 1.82) is 0 Å². The molecule has 2 aromatic rings. The number of halogens is 1. The number of nitrogens with zero attached hydrogens (tertiary/aromatic N) is 5. The van der Waals surface area contributed by atoms with Gasteiger partial charge in [-0.1, -0.05) is 29.4 Å². The van der Waals surface area contributed by atoms with E-state index in [-0.39, 0.29) is 11.9 Å². The van der Waals surface area contributed by atoms with Crippen molar-refractivity contribution >= 4 is 40.9 Å². The van der Waals surface area contributed by atoms with Crippen molar-refractivity contribution in [2.75, 3.05) is 42.6 Å². The molecule has 0 atom stereocenters. The zero-order chi connectivity index (χ0) is 16.9. The summed E-state index contributed by atoms with van der Waals surface area (Å²) in [6, 6.07) is 7.77. The van der Waals surface area contributed by atoms with Crippen LogP contribution in [0.2, 0.25) is 5.02 Å². The summed E-state index contributed by atoms with van der Waals surface area (Å²) in [6.07, 6.45) is 1.35. The fraction of sp³-hybridized carbons (Fsp3) is 0.333. The summed E-state index contributed by atoms with van der Waals surface area (Å²) in [5, 5.41) is 1.19. The summed E-state index contributed by atoms with van der Waals surface area (Å²) >= 11 is 7.31. The Morgan fingerprint density at radius 3 is 2.75 bits per heavy atom. The molecule has 1 saturated heterocycles. The highest BCUT2D eigenvalue weighted by Crippen LogP contribution is 2.21. The molecule has 2 heterocycles. The van der Waals surface area contributed by atoms with Gasteiger partial charge in [-0.25, -0.2) is 9.97 Å². The lowest BCUT2D eigenvalue weighted by atomic mass is 10.2. The summed E-state index contributed by atoms with van der Waals surface area (Å²) in [5.74, 6) is 0.528. The third kappa shape index (κ3) is 4.27. The number of anilines is 2. The van der Waals surface area contributed by atoms with Crippen molar-refractivity contribution in [2.24, 2.45) is 0 Å². The van der Waals surface area contributed by atoms with Gasteiger partial charge in [0.1, 0.15) is 6.33 Å². The number of amides is 1. The highest BCUT2D eigenvalue weighted by atomic mass is 35.5. The van der Waals surface area contributed by atoms with Gasteiger partial charge in [0.05, 0.1) is 5.75 Å². The average Bonchev–Trinajstić information content (AvgIpc) is 2.60. The van der Waals surface area contributed by atoms with E-state index in [1.165, 1.54) is 18.1 Å². The second-order valence-corrected chi connectivity index (χ2v) is 6.64. The lowest BCUT2D eigenvalue weighted by Gasteiger charge is -2.36. The molecule has 0 radical (unpaired) electrons. The minimum absolute atomic E-state index is 0.0738. The minimum atomic E-state index is 0.0738. The Morgan fingerprint density at radius 1 is 1.25 bits per heavy atom. The first-order valence-electron chi connectivity index (χ1n) is 7.47. The molecule has 0 bridgehead atoms. The Bertz CT molecular complexity index is 723. The second kappa shape index (κ2) is 7.67. The van der Waals surface area contributed by atoms with Crippen LogP contribution < -0.4 is 10.6 Å². The normalized spacial score (nSPS) is 14.7. The molecule has 1 fully saturated rings. The molecule has 0 aliphatic carbocycles. The monoisotopic (exact) mass is 364 g/mol. The van der Waals surface area contributed by atoms with Crippen molar-refractivity contribution in [3.8, 4) is 0 Å². The highest BCUT2D eigenvalue weighted by molar-refractivity contribution is 7.99. The van der Waals surface area contributed by atoms with Crippen LogP contribution in [0.5, 0.6) is 0 Å². The van der Waals surface area contributed by atoms with Crippen LogP contribution in [0, 0.1) is 0 Å². The van der Waals surface area contributed by atoms with Gasteiger partial charge in [0.15, 0.2) is 5.16 Å². The van der Waals surface area contributed by atoms with Gasteiger partial charge in [-0.2, -0.15) is 4.98 Å². The fourth-order valence-corrected chi connectivity index (χ4v) is 3.37. The smallest absolute Gasteiger partial charge is 0.233 e. The van der Waals surface area contributed by atoms with Crippen LogP contribution in [0.15, 0.2) is 35.7 Å². The molecule has 1 aliphatic heterocycles. The van der Waals surface area contributed by atoms with Crippen LogP contribution >= 0.6 is 23.4 Å². The highest BCUT2D eigenvalue weighted by Gasteiger charge is 2.21. The number of thioether (sulfide) groups is 1. The summed E-state index contributed by atoms with van der Waals surface area (Å²) in [7, 11) is 0. The molecule has 1 amide bonds. The number of carbonyl (C=O) groups is 1. The number of rotatable bonds is 4. The van der Waals surface area contributed by atoms with Gasteiger partial charge < -0.3 is 15.5 Å². The van der Waals surface area contributed by atoms with E-state index < -0.39 is 0 Å². The van der Waals surface area contributed by atoms with Crippen LogP contribution in [-0.2, 0) is 4.79 Å². The van der Waals surface area contributed by atoms with Crippen LogP contribution in [-0.4, -0.2) is 57.7 Å². The van der Waals surface area contributed by atoms with Gasteiger partial charge in [0.25, 0.3) is 0 Å². The first kappa shape index (κ1) is 16.8. The number of carbonyl (C=O) groups excluding carboxylic acids is 1. The van der Waals surface area contributed by atoms with Crippen LogP contribution in [0.25, 0.3) is 0 Å². The number of hydrogen-bond acceptors (Lipinski definition) is 7. The number of hydrogen-bond donors (Lipinski definition) is 1. The van der Waals surface area contributed by atoms with Crippen LogP contribution in [0.1, 0.15) is 0 Å². The molecule has 0 unspecified atom stereocenters. The molecule has 0 saturated carbocycles. The molecule has 2 N–H and O–H groups in total. The third-order valence-electron chi connectivity index (χ3n) is 3.70. The lowest BCUT2D eigenvalue weighted by molar-refractivity contribution is -0.128. The van der Waals surface area contributed by atoms with E-state index in [4.69, 9.17) is 17.3 Å². The fourth-order valence-electron chi connectivity index (χ4n) is 2.47. The maximum absolute atomic E-state index is 12.3. The second-order valence-electron chi connectivity index (χ2n) is 5.26. The quantitative estimate of drug-likeness (QED) is 0.823. The molecule has 24 heavy (non-hydrogen) atoms. The minimum Gasteiger partial charge on any atom is -0.368 e. The van der Waals surface area contributed by atoms with Crippen molar-refractivity contribution in [3.05, 3.63) is 35.6 Å². The predicted molar refractivity (Wildman–Crippen MR) is 95.2 cm³/mol. The summed E-state index contributed by atoms with van der Waals surface area (Å²) < 4.78 is 0. The van der Waals surface area contributed by atoms with Crippen molar-refractivity contribution in [3.63, 3.8) is 0 Å². The average molecular weight is 365 g/mol. The van der Waals surface area contributed by atoms with Gasteiger partial charge in [-0.05, 0) is 18.2 Å². The van der Waals surface area contributed by atoms with E-state index >= 15 is 0 Å². The Hall–Kier alpha value is -2.06. The SMILES string of the molecule is Nc1ncnc(SCC(=O)N2CCN(c3cccc(Cl)c3)CC2)n1. The van der Waals surface area contributed by atoms with Crippen molar-refractivity contribution in [2.45, 2.75) is 5.16 Å². The molecule has 126 valence electrons. The summed E-state index contributed by atoms with van der Waals surface area (Å²) in [6.45, 7) is 2.95. The van der Waals surface area contributed by atoms with Gasteiger partial charge in [-0.3, -0.25) is 4.79 Å². The Morgan fingerprint density at radius 2 is 2.04 bits per heavy atom. The Balaban J connectivity index is 1.50. The zero-order valence-corrected chi connectivity index (χ0v) is 14.5. The number of benzene rings is 1. The van der Waals surface area contributed by atoms with E-state index in [2.05, 4.69) is 19.9 Å². The number of nitrogen functional groups attached to an aromatic ring is 1. The first-order valence-corrected chi connectivity index (χ1v) is 8.84. The molecular formula is C15H17ClN6OS. The van der Waals surface area contributed by atoms with E-state index in [0.29, 0.717) is 24.0 Å². The van der Waals surface area contributed by atoms with Crippen molar-refractivity contribution < 1.29 is 4.79 Å². The van der Waals surface area contributed by atoms with E-state index in [1.54, 1.807) is 0 Å². The van der Waals surface area contributed by atoms with Crippen LogP contribution in [0.3, 0.4) is 0 Å². The molecule has 1 aromatic carbocycles. The summed E-state index contributed by atoms with van der Waals surface area (Å²) in [5.41, 5.74) is 6.59. The number of piperazine rings is 1. The molecule has 3 rings (SSSR count). The predicted octanol–water partition coefficient (Wildman–Crippen LogP) is 1.55.